The Kier molecular flexibility index (Phi) is 7.40. The summed E-state index contributed by atoms with van der Waals surface area (Å²) in [4.78, 5) is 0. The molecule has 0 aromatic heterocycles. The predicted molar refractivity (Wildman–Crippen MR) is 52.3 cm³/mol. The first-order valence-corrected chi connectivity index (χ1v) is 5.50. The highest BCUT2D eigenvalue weighted by atomic mass is 32.2. The average molecular weight is 231 g/mol. The molecule has 0 spiro atoms. The minimum atomic E-state index is -4.12. The van der Waals surface area contributed by atoms with Crippen molar-refractivity contribution < 1.29 is 18.3 Å². The van der Waals surface area contributed by atoms with E-state index in [0.29, 0.717) is 19.5 Å². The number of alkyl halides is 3. The van der Waals surface area contributed by atoms with Gasteiger partial charge in [0, 0.05) is 12.3 Å². The molecule has 0 radical (unpaired) electrons. The van der Waals surface area contributed by atoms with Gasteiger partial charge in [-0.3, -0.25) is 0 Å². The number of thioether (sulfide) groups is 1. The molecular weight excluding hydrogens is 215 g/mol. The lowest BCUT2D eigenvalue weighted by atomic mass is 10.2. The molecule has 0 rings (SSSR count). The molecule has 0 saturated carbocycles. The van der Waals surface area contributed by atoms with Crippen molar-refractivity contribution in [2.75, 3.05) is 18.8 Å². The van der Waals surface area contributed by atoms with Gasteiger partial charge in [0.2, 0.25) is 0 Å². The number of nitrogens with one attached hydrogen (secondary N) is 1. The van der Waals surface area contributed by atoms with Crippen molar-refractivity contribution in [1.29, 1.82) is 0 Å². The smallest absolute Gasteiger partial charge is 0.393 e. The van der Waals surface area contributed by atoms with Crippen molar-refractivity contribution in [1.82, 2.24) is 5.32 Å². The Hall–Kier alpha value is 0.0600. The standard InChI is InChI=1S/C8H16F3NOS/c1-7(13)3-2-4-12-5-6-14-8(9,10)11/h7,12-13H,2-6H2,1H3. The zero-order chi connectivity index (χ0) is 11.0. The second kappa shape index (κ2) is 7.36. The normalized spacial score (nSPS) is 14.4. The van der Waals surface area contributed by atoms with Crippen LogP contribution < -0.4 is 5.32 Å². The molecular formula is C8H16F3NOS. The van der Waals surface area contributed by atoms with Gasteiger partial charge in [0.15, 0.2) is 0 Å². The van der Waals surface area contributed by atoms with E-state index in [1.165, 1.54) is 0 Å². The first kappa shape index (κ1) is 14.1. The third-order valence-electron chi connectivity index (χ3n) is 1.52. The average Bonchev–Trinajstić information content (AvgIpc) is 2.00. The lowest BCUT2D eigenvalue weighted by molar-refractivity contribution is -0.0327. The van der Waals surface area contributed by atoms with Crippen molar-refractivity contribution in [2.45, 2.75) is 31.4 Å². The molecule has 2 N–H and O–H groups in total. The lowest BCUT2D eigenvalue weighted by Gasteiger charge is -2.07. The molecule has 0 heterocycles. The second-order valence-electron chi connectivity index (χ2n) is 3.04. The molecule has 2 nitrogen and oxygen atoms in total. The maximum absolute atomic E-state index is 11.6. The summed E-state index contributed by atoms with van der Waals surface area (Å²) in [6.07, 6.45) is 1.13. The van der Waals surface area contributed by atoms with Gasteiger partial charge in [-0.05, 0) is 38.1 Å². The topological polar surface area (TPSA) is 32.3 Å². The van der Waals surface area contributed by atoms with Gasteiger partial charge in [0.1, 0.15) is 0 Å². The number of hydrogen-bond donors (Lipinski definition) is 2. The summed E-state index contributed by atoms with van der Waals surface area (Å²) >= 11 is -0.0140. The fourth-order valence-electron chi connectivity index (χ4n) is 0.886. The van der Waals surface area contributed by atoms with Crippen LogP contribution in [0.15, 0.2) is 0 Å². The Balaban J connectivity index is 3.07. The van der Waals surface area contributed by atoms with Crippen LogP contribution >= 0.6 is 11.8 Å². The Morgan fingerprint density at radius 3 is 2.50 bits per heavy atom. The summed E-state index contributed by atoms with van der Waals surface area (Å²) in [5, 5.41) is 11.8. The number of rotatable bonds is 7. The van der Waals surface area contributed by atoms with Gasteiger partial charge in [-0.1, -0.05) is 0 Å². The zero-order valence-electron chi connectivity index (χ0n) is 8.10. The Morgan fingerprint density at radius 1 is 1.36 bits per heavy atom. The van der Waals surface area contributed by atoms with Gasteiger partial charge < -0.3 is 10.4 Å². The molecule has 0 saturated heterocycles. The Bertz CT molecular complexity index is 141. The highest BCUT2D eigenvalue weighted by Crippen LogP contribution is 2.29. The highest BCUT2D eigenvalue weighted by molar-refractivity contribution is 8.00. The van der Waals surface area contributed by atoms with Crippen LogP contribution in [-0.2, 0) is 0 Å². The van der Waals surface area contributed by atoms with E-state index in [-0.39, 0.29) is 23.6 Å². The molecule has 14 heavy (non-hydrogen) atoms. The number of hydrogen-bond acceptors (Lipinski definition) is 3. The fourth-order valence-corrected chi connectivity index (χ4v) is 1.36. The van der Waals surface area contributed by atoms with E-state index >= 15 is 0 Å². The van der Waals surface area contributed by atoms with Crippen LogP contribution in [0.1, 0.15) is 19.8 Å². The largest absolute Gasteiger partial charge is 0.441 e. The van der Waals surface area contributed by atoms with Crippen molar-refractivity contribution in [2.24, 2.45) is 0 Å². The third-order valence-corrected chi connectivity index (χ3v) is 2.26. The molecule has 0 aliphatic heterocycles. The quantitative estimate of drug-likeness (QED) is 0.657. The molecule has 1 atom stereocenters. The highest BCUT2D eigenvalue weighted by Gasteiger charge is 2.27. The summed E-state index contributed by atoms with van der Waals surface area (Å²) in [5.74, 6) is 0.0399. The van der Waals surface area contributed by atoms with E-state index in [9.17, 15) is 13.2 Å². The van der Waals surface area contributed by atoms with E-state index in [1.807, 2.05) is 0 Å². The van der Waals surface area contributed by atoms with Crippen LogP contribution in [-0.4, -0.2) is 35.6 Å². The van der Waals surface area contributed by atoms with Crippen LogP contribution in [0.5, 0.6) is 0 Å². The molecule has 0 aliphatic rings. The van der Waals surface area contributed by atoms with Crippen molar-refractivity contribution in [3.63, 3.8) is 0 Å². The first-order valence-electron chi connectivity index (χ1n) is 4.51. The van der Waals surface area contributed by atoms with E-state index in [0.717, 1.165) is 6.42 Å². The molecule has 0 fully saturated rings. The van der Waals surface area contributed by atoms with Crippen LogP contribution in [0.4, 0.5) is 13.2 Å². The maximum Gasteiger partial charge on any atom is 0.441 e. The third kappa shape index (κ3) is 12.1. The van der Waals surface area contributed by atoms with Gasteiger partial charge in [0.05, 0.1) is 6.10 Å². The first-order chi connectivity index (χ1) is 6.42. The van der Waals surface area contributed by atoms with Crippen molar-refractivity contribution in [3.05, 3.63) is 0 Å². The SMILES string of the molecule is CC(O)CCCNCCSC(F)(F)F. The van der Waals surface area contributed by atoms with Crippen LogP contribution in [0.25, 0.3) is 0 Å². The van der Waals surface area contributed by atoms with Gasteiger partial charge in [-0.25, -0.2) is 0 Å². The summed E-state index contributed by atoms with van der Waals surface area (Å²) in [6.45, 7) is 2.70. The van der Waals surface area contributed by atoms with E-state index in [4.69, 9.17) is 5.11 Å². The zero-order valence-corrected chi connectivity index (χ0v) is 8.92. The lowest BCUT2D eigenvalue weighted by Crippen LogP contribution is -2.20. The van der Waals surface area contributed by atoms with Crippen LogP contribution in [0.2, 0.25) is 0 Å². The Labute approximate surface area is 86.3 Å². The van der Waals surface area contributed by atoms with Crippen LogP contribution in [0, 0.1) is 0 Å². The molecule has 0 amide bonds. The minimum Gasteiger partial charge on any atom is -0.393 e. The second-order valence-corrected chi connectivity index (χ2v) is 4.20. The molecule has 0 aliphatic carbocycles. The molecule has 0 bridgehead atoms. The van der Waals surface area contributed by atoms with E-state index < -0.39 is 5.51 Å². The van der Waals surface area contributed by atoms with Crippen molar-refractivity contribution >= 4 is 11.8 Å². The van der Waals surface area contributed by atoms with Crippen molar-refractivity contribution in [3.8, 4) is 0 Å². The molecule has 0 aromatic carbocycles. The molecule has 6 heteroatoms. The minimum absolute atomic E-state index is 0.0140. The monoisotopic (exact) mass is 231 g/mol. The number of halogens is 3. The van der Waals surface area contributed by atoms with Crippen LogP contribution in [0.3, 0.4) is 0 Å². The summed E-state index contributed by atoms with van der Waals surface area (Å²) in [6, 6.07) is 0. The van der Waals surface area contributed by atoms with E-state index in [1.54, 1.807) is 6.92 Å². The van der Waals surface area contributed by atoms with Gasteiger partial charge in [-0.15, -0.1) is 0 Å². The number of aliphatic hydroxyl groups excluding tert-OH is 1. The van der Waals surface area contributed by atoms with Gasteiger partial charge >= 0.3 is 5.51 Å². The molecule has 1 unspecified atom stereocenters. The maximum atomic E-state index is 11.6. The number of aliphatic hydroxyl groups is 1. The summed E-state index contributed by atoms with van der Waals surface area (Å²) in [5.41, 5.74) is -4.12. The van der Waals surface area contributed by atoms with Gasteiger partial charge in [-0.2, -0.15) is 13.2 Å². The Morgan fingerprint density at radius 2 is 2.00 bits per heavy atom. The molecule has 86 valence electrons. The summed E-state index contributed by atoms with van der Waals surface area (Å²) in [7, 11) is 0. The molecule has 0 aromatic rings. The predicted octanol–water partition coefficient (Wildman–Crippen LogP) is 1.99. The van der Waals surface area contributed by atoms with Gasteiger partial charge in [0.25, 0.3) is 0 Å². The fraction of sp³-hybridized carbons (Fsp3) is 1.00. The summed E-state index contributed by atoms with van der Waals surface area (Å²) < 4.78 is 34.9. The van der Waals surface area contributed by atoms with E-state index in [2.05, 4.69) is 5.32 Å².